The maximum absolute atomic E-state index is 13.1. The molecule has 0 radical (unpaired) electrons. The molecule has 1 aliphatic heterocycles. The van der Waals surface area contributed by atoms with E-state index in [2.05, 4.69) is 0 Å². The van der Waals surface area contributed by atoms with Crippen LogP contribution in [0.3, 0.4) is 0 Å². The zero-order valence-corrected chi connectivity index (χ0v) is 19.3. The summed E-state index contributed by atoms with van der Waals surface area (Å²) >= 11 is 19.2. The lowest BCUT2D eigenvalue weighted by Gasteiger charge is -2.28. The van der Waals surface area contributed by atoms with Gasteiger partial charge in [-0.1, -0.05) is 53.0 Å². The molecule has 1 heterocycles. The summed E-state index contributed by atoms with van der Waals surface area (Å²) < 4.78 is 0. The number of carbonyl (C=O) groups is 3. The van der Waals surface area contributed by atoms with Crippen molar-refractivity contribution in [3.63, 3.8) is 0 Å². The maximum atomic E-state index is 13.1. The van der Waals surface area contributed by atoms with Crippen molar-refractivity contribution in [2.45, 2.75) is 16.2 Å². The van der Waals surface area contributed by atoms with Crippen LogP contribution in [-0.4, -0.2) is 28.0 Å². The summed E-state index contributed by atoms with van der Waals surface area (Å²) in [5, 5.41) is 9.88. The SMILES string of the molecule is O=C(O)c1cc(Cl)ccc1SC1C(=O)C(=O)N(c2cccc(Cl)c2)C1c1ccc(Cl)cc1. The number of rotatable bonds is 5. The summed E-state index contributed by atoms with van der Waals surface area (Å²) in [5.74, 6) is -2.52. The highest BCUT2D eigenvalue weighted by atomic mass is 35.5. The summed E-state index contributed by atoms with van der Waals surface area (Å²) in [6.07, 6.45) is 0. The largest absolute Gasteiger partial charge is 0.478 e. The molecule has 0 spiro atoms. The first-order chi connectivity index (χ1) is 15.3. The fraction of sp³-hybridized carbons (Fsp3) is 0.0870. The van der Waals surface area contributed by atoms with Crippen LogP contribution in [0.2, 0.25) is 15.1 Å². The summed E-state index contributed by atoms with van der Waals surface area (Å²) in [6, 6.07) is 17.2. The Hall–Kier alpha value is -2.51. The fourth-order valence-corrected chi connectivity index (χ4v) is 5.35. The van der Waals surface area contributed by atoms with Gasteiger partial charge in [0.05, 0.1) is 11.6 Å². The molecule has 3 aromatic carbocycles. The molecule has 1 saturated heterocycles. The van der Waals surface area contributed by atoms with E-state index >= 15 is 0 Å². The highest BCUT2D eigenvalue weighted by Crippen LogP contribution is 2.45. The molecule has 1 N–H and O–H groups in total. The first kappa shape index (κ1) is 22.7. The number of ketones is 1. The lowest BCUT2D eigenvalue weighted by atomic mass is 10.0. The van der Waals surface area contributed by atoms with Crippen molar-refractivity contribution in [2.24, 2.45) is 0 Å². The van der Waals surface area contributed by atoms with E-state index in [1.54, 1.807) is 54.6 Å². The molecule has 1 aliphatic rings. The Bertz CT molecular complexity index is 1230. The molecule has 5 nitrogen and oxygen atoms in total. The monoisotopic (exact) mass is 505 g/mol. The molecule has 3 aromatic rings. The van der Waals surface area contributed by atoms with Gasteiger partial charge in [-0.2, -0.15) is 0 Å². The van der Waals surface area contributed by atoms with Gasteiger partial charge in [0.2, 0.25) is 5.78 Å². The van der Waals surface area contributed by atoms with Crippen molar-refractivity contribution >= 4 is 69.9 Å². The zero-order chi connectivity index (χ0) is 23.0. The van der Waals surface area contributed by atoms with Gasteiger partial charge in [-0.05, 0) is 54.1 Å². The smallest absolute Gasteiger partial charge is 0.336 e. The van der Waals surface area contributed by atoms with Crippen LogP contribution in [0.15, 0.2) is 71.6 Å². The number of hydrogen-bond donors (Lipinski definition) is 1. The number of thioether (sulfide) groups is 1. The highest BCUT2D eigenvalue weighted by molar-refractivity contribution is 8.01. The average Bonchev–Trinajstić information content (AvgIpc) is 3.00. The van der Waals surface area contributed by atoms with Gasteiger partial charge >= 0.3 is 5.97 Å². The van der Waals surface area contributed by atoms with Crippen molar-refractivity contribution in [1.29, 1.82) is 0 Å². The van der Waals surface area contributed by atoms with E-state index in [1.807, 2.05) is 0 Å². The van der Waals surface area contributed by atoms with Gasteiger partial charge in [-0.15, -0.1) is 11.8 Å². The third-order valence-electron chi connectivity index (χ3n) is 4.98. The van der Waals surface area contributed by atoms with E-state index in [9.17, 15) is 19.5 Å². The number of halogens is 3. The molecule has 2 atom stereocenters. The molecular formula is C23H14Cl3NO4S. The number of hydrogen-bond acceptors (Lipinski definition) is 4. The normalized spacial score (nSPS) is 18.3. The second-order valence-electron chi connectivity index (χ2n) is 7.00. The molecule has 32 heavy (non-hydrogen) atoms. The minimum atomic E-state index is -1.18. The number of aromatic carboxylic acids is 1. The maximum Gasteiger partial charge on any atom is 0.336 e. The number of carboxylic acids is 1. The molecule has 0 saturated carbocycles. The van der Waals surface area contributed by atoms with Crippen molar-refractivity contribution in [1.82, 2.24) is 0 Å². The number of anilines is 1. The Morgan fingerprint density at radius 2 is 1.53 bits per heavy atom. The first-order valence-corrected chi connectivity index (χ1v) is 11.4. The van der Waals surface area contributed by atoms with E-state index in [0.29, 0.717) is 26.2 Å². The van der Waals surface area contributed by atoms with Gasteiger partial charge in [-0.3, -0.25) is 14.5 Å². The van der Waals surface area contributed by atoms with Crippen molar-refractivity contribution in [2.75, 3.05) is 4.90 Å². The van der Waals surface area contributed by atoms with E-state index < -0.39 is 29.0 Å². The fourth-order valence-electron chi connectivity index (χ4n) is 3.56. The average molecular weight is 507 g/mol. The number of nitrogens with zero attached hydrogens (tertiary/aromatic N) is 1. The Morgan fingerprint density at radius 3 is 2.19 bits per heavy atom. The van der Waals surface area contributed by atoms with Gasteiger partial charge in [0.15, 0.2) is 0 Å². The molecule has 1 amide bonds. The number of carboxylic acid groups (broad SMARTS) is 1. The lowest BCUT2D eigenvalue weighted by molar-refractivity contribution is -0.133. The molecule has 2 unspecified atom stereocenters. The number of benzene rings is 3. The van der Waals surface area contributed by atoms with Crippen molar-refractivity contribution < 1.29 is 19.5 Å². The van der Waals surface area contributed by atoms with Crippen molar-refractivity contribution in [3.8, 4) is 0 Å². The molecule has 9 heteroatoms. The van der Waals surface area contributed by atoms with Gasteiger partial charge < -0.3 is 5.11 Å². The van der Waals surface area contributed by atoms with Crippen LogP contribution in [0, 0.1) is 0 Å². The van der Waals surface area contributed by atoms with Gasteiger partial charge in [0.1, 0.15) is 5.25 Å². The van der Waals surface area contributed by atoms with Crippen LogP contribution in [0.4, 0.5) is 5.69 Å². The molecule has 1 fully saturated rings. The first-order valence-electron chi connectivity index (χ1n) is 9.34. The number of carbonyl (C=O) groups excluding carboxylic acids is 2. The number of amides is 1. The predicted octanol–water partition coefficient (Wildman–Crippen LogP) is 6.16. The minimum Gasteiger partial charge on any atom is -0.478 e. The molecule has 162 valence electrons. The topological polar surface area (TPSA) is 74.7 Å². The van der Waals surface area contributed by atoms with E-state index in [0.717, 1.165) is 11.8 Å². The highest BCUT2D eigenvalue weighted by Gasteiger charge is 2.49. The second-order valence-corrected chi connectivity index (χ2v) is 9.49. The molecule has 4 rings (SSSR count). The third-order valence-corrected chi connectivity index (χ3v) is 7.03. The molecule has 0 aromatic heterocycles. The molecule has 0 bridgehead atoms. The lowest BCUT2D eigenvalue weighted by Crippen LogP contribution is -2.29. The quantitative estimate of drug-likeness (QED) is 0.419. The summed E-state index contributed by atoms with van der Waals surface area (Å²) in [7, 11) is 0. The van der Waals surface area contributed by atoms with E-state index in [-0.39, 0.29) is 10.6 Å². The standard InChI is InChI=1S/C23H14Cl3NO4S/c24-13-6-4-12(5-7-13)19-21(32-18-9-8-15(26)11-17(18)23(30)31)20(28)22(29)27(19)16-3-1-2-14(25)10-16/h1-11,19,21H,(H,30,31). The van der Waals surface area contributed by atoms with Crippen LogP contribution in [-0.2, 0) is 9.59 Å². The van der Waals surface area contributed by atoms with Crippen LogP contribution in [0.25, 0.3) is 0 Å². The van der Waals surface area contributed by atoms with Gasteiger partial charge in [0, 0.05) is 25.7 Å². The third kappa shape index (κ3) is 4.36. The Balaban J connectivity index is 1.83. The molecule has 0 aliphatic carbocycles. The van der Waals surface area contributed by atoms with Crippen molar-refractivity contribution in [3.05, 3.63) is 92.9 Å². The Kier molecular flexibility index (Phi) is 6.49. The van der Waals surface area contributed by atoms with E-state index in [4.69, 9.17) is 34.8 Å². The minimum absolute atomic E-state index is 0.0428. The number of Topliss-reactive ketones (excluding diaryl/α,β-unsaturated/α-hetero) is 1. The Morgan fingerprint density at radius 1 is 0.875 bits per heavy atom. The second kappa shape index (κ2) is 9.16. The zero-order valence-electron chi connectivity index (χ0n) is 16.2. The van der Waals surface area contributed by atoms with Gasteiger partial charge in [0.25, 0.3) is 5.91 Å². The summed E-state index contributed by atoms with van der Waals surface area (Å²) in [4.78, 5) is 39.7. The van der Waals surface area contributed by atoms with Gasteiger partial charge in [-0.25, -0.2) is 4.79 Å². The Labute approximate surface area is 202 Å². The molecular weight excluding hydrogens is 493 g/mol. The summed E-state index contributed by atoms with van der Waals surface area (Å²) in [6.45, 7) is 0. The van der Waals surface area contributed by atoms with Crippen LogP contribution in [0.5, 0.6) is 0 Å². The predicted molar refractivity (Wildman–Crippen MR) is 126 cm³/mol. The van der Waals surface area contributed by atoms with Crippen LogP contribution < -0.4 is 4.90 Å². The van der Waals surface area contributed by atoms with Crippen LogP contribution >= 0.6 is 46.6 Å². The van der Waals surface area contributed by atoms with Crippen LogP contribution in [0.1, 0.15) is 22.0 Å². The van der Waals surface area contributed by atoms with E-state index in [1.165, 1.54) is 17.0 Å². The summed E-state index contributed by atoms with van der Waals surface area (Å²) in [5.41, 5.74) is 1.10.